The molecule has 0 aliphatic carbocycles. The number of nitrogens with two attached hydrogens (primary N) is 2. The van der Waals surface area contributed by atoms with Gasteiger partial charge in [-0.2, -0.15) is 0 Å². The Balaban J connectivity index is 2.84. The molecule has 0 fully saturated rings. The standard InChI is InChI=1S/C10H12F2N4O3/c11-10(12,4-13)5-15-9(17)6-1-2-7(14)8(3-6)16(18)19/h1-3H,4-5,13-14H2,(H,15,17). The maximum atomic E-state index is 12.8. The molecule has 104 valence electrons. The lowest BCUT2D eigenvalue weighted by atomic mass is 10.1. The Morgan fingerprint density at radius 3 is 2.63 bits per heavy atom. The van der Waals surface area contributed by atoms with E-state index in [0.717, 1.165) is 12.1 Å². The smallest absolute Gasteiger partial charge is 0.292 e. The quantitative estimate of drug-likeness (QED) is 0.409. The topological polar surface area (TPSA) is 124 Å². The molecular weight excluding hydrogens is 262 g/mol. The number of rotatable bonds is 5. The van der Waals surface area contributed by atoms with Gasteiger partial charge in [-0.1, -0.05) is 0 Å². The molecular formula is C10H12F2N4O3. The van der Waals surface area contributed by atoms with Gasteiger partial charge in [0.15, 0.2) is 0 Å². The lowest BCUT2D eigenvalue weighted by Crippen LogP contribution is -2.41. The minimum Gasteiger partial charge on any atom is -0.393 e. The van der Waals surface area contributed by atoms with Crippen LogP contribution in [0.15, 0.2) is 18.2 Å². The van der Waals surface area contributed by atoms with Crippen molar-refractivity contribution >= 4 is 17.3 Å². The van der Waals surface area contributed by atoms with Crippen molar-refractivity contribution in [3.63, 3.8) is 0 Å². The van der Waals surface area contributed by atoms with Crippen LogP contribution in [-0.2, 0) is 0 Å². The minimum atomic E-state index is -3.23. The highest BCUT2D eigenvalue weighted by atomic mass is 19.3. The number of benzene rings is 1. The van der Waals surface area contributed by atoms with Gasteiger partial charge in [0, 0.05) is 11.6 Å². The van der Waals surface area contributed by atoms with Crippen molar-refractivity contribution in [2.45, 2.75) is 5.92 Å². The summed E-state index contributed by atoms with van der Waals surface area (Å²) in [5, 5.41) is 12.6. The van der Waals surface area contributed by atoms with E-state index in [1.54, 1.807) is 0 Å². The summed E-state index contributed by atoms with van der Waals surface area (Å²) in [6.45, 7) is -1.85. The van der Waals surface area contributed by atoms with Crippen LogP contribution >= 0.6 is 0 Å². The number of nitrogens with one attached hydrogen (secondary N) is 1. The summed E-state index contributed by atoms with van der Waals surface area (Å²) < 4.78 is 25.7. The summed E-state index contributed by atoms with van der Waals surface area (Å²) in [5.41, 5.74) is 9.45. The van der Waals surface area contributed by atoms with E-state index >= 15 is 0 Å². The second-order valence-electron chi connectivity index (χ2n) is 3.77. The fraction of sp³-hybridized carbons (Fsp3) is 0.300. The zero-order chi connectivity index (χ0) is 14.6. The predicted octanol–water partition coefficient (Wildman–Crippen LogP) is 0.501. The van der Waals surface area contributed by atoms with Crippen molar-refractivity contribution in [1.82, 2.24) is 5.32 Å². The van der Waals surface area contributed by atoms with E-state index in [0.29, 0.717) is 0 Å². The van der Waals surface area contributed by atoms with E-state index in [1.807, 2.05) is 5.32 Å². The third-order valence-corrected chi connectivity index (χ3v) is 2.30. The fourth-order valence-corrected chi connectivity index (χ4v) is 1.23. The van der Waals surface area contributed by atoms with Gasteiger partial charge < -0.3 is 16.8 Å². The van der Waals surface area contributed by atoms with Crippen LogP contribution in [0.1, 0.15) is 10.4 Å². The summed E-state index contributed by atoms with van der Waals surface area (Å²) in [6, 6.07) is 3.29. The van der Waals surface area contributed by atoms with E-state index in [9.17, 15) is 23.7 Å². The summed E-state index contributed by atoms with van der Waals surface area (Å²) in [6.07, 6.45) is 0. The molecule has 1 amide bonds. The molecule has 0 spiro atoms. The highest BCUT2D eigenvalue weighted by Crippen LogP contribution is 2.22. The molecule has 7 nitrogen and oxygen atoms in total. The molecule has 0 bridgehead atoms. The van der Waals surface area contributed by atoms with Crippen LogP contribution < -0.4 is 16.8 Å². The van der Waals surface area contributed by atoms with Crippen LogP contribution in [0.3, 0.4) is 0 Å². The average Bonchev–Trinajstić information content (AvgIpc) is 2.36. The number of alkyl halides is 2. The minimum absolute atomic E-state index is 0.117. The Kier molecular flexibility index (Phi) is 4.33. The molecule has 1 aromatic rings. The summed E-state index contributed by atoms with van der Waals surface area (Å²) in [5.74, 6) is -4.09. The normalized spacial score (nSPS) is 11.1. The number of carbonyl (C=O) groups is 1. The zero-order valence-corrected chi connectivity index (χ0v) is 9.73. The Morgan fingerprint density at radius 2 is 2.11 bits per heavy atom. The Bertz CT molecular complexity index is 508. The van der Waals surface area contributed by atoms with Crippen LogP contribution in [0.5, 0.6) is 0 Å². The molecule has 19 heavy (non-hydrogen) atoms. The van der Waals surface area contributed by atoms with E-state index < -0.39 is 35.5 Å². The number of carbonyl (C=O) groups excluding carboxylic acids is 1. The Labute approximate surface area is 106 Å². The first-order valence-corrected chi connectivity index (χ1v) is 5.17. The second-order valence-corrected chi connectivity index (χ2v) is 3.77. The van der Waals surface area contributed by atoms with E-state index in [2.05, 4.69) is 0 Å². The first kappa shape index (κ1) is 14.8. The van der Waals surface area contributed by atoms with E-state index in [4.69, 9.17) is 11.5 Å². The van der Waals surface area contributed by atoms with E-state index in [-0.39, 0.29) is 11.3 Å². The molecule has 9 heteroatoms. The van der Waals surface area contributed by atoms with Gasteiger partial charge in [0.25, 0.3) is 17.5 Å². The van der Waals surface area contributed by atoms with Crippen molar-refractivity contribution in [3.05, 3.63) is 33.9 Å². The first-order valence-electron chi connectivity index (χ1n) is 5.17. The number of nitrogen functional groups attached to an aromatic ring is 1. The summed E-state index contributed by atoms with van der Waals surface area (Å²) in [7, 11) is 0. The molecule has 0 saturated heterocycles. The number of amides is 1. The molecule has 0 aliphatic rings. The number of nitro groups is 1. The summed E-state index contributed by atoms with van der Waals surface area (Å²) in [4.78, 5) is 21.4. The molecule has 5 N–H and O–H groups in total. The van der Waals surface area contributed by atoms with Crippen LogP contribution in [0.25, 0.3) is 0 Å². The van der Waals surface area contributed by atoms with Gasteiger partial charge in [-0.3, -0.25) is 14.9 Å². The summed E-state index contributed by atoms with van der Waals surface area (Å²) >= 11 is 0. The molecule has 0 saturated carbocycles. The molecule has 0 atom stereocenters. The SMILES string of the molecule is NCC(F)(F)CNC(=O)c1ccc(N)c([N+](=O)[O-])c1. The number of nitro benzene ring substituents is 1. The van der Waals surface area contributed by atoms with Crippen LogP contribution in [0.2, 0.25) is 0 Å². The Morgan fingerprint density at radius 1 is 1.47 bits per heavy atom. The predicted molar refractivity (Wildman–Crippen MR) is 63.8 cm³/mol. The van der Waals surface area contributed by atoms with Gasteiger partial charge in [0.05, 0.1) is 18.0 Å². The second kappa shape index (κ2) is 5.57. The number of hydrogen-bond acceptors (Lipinski definition) is 5. The molecule has 0 radical (unpaired) electrons. The maximum absolute atomic E-state index is 12.8. The fourth-order valence-electron chi connectivity index (χ4n) is 1.23. The van der Waals surface area contributed by atoms with Crippen LogP contribution in [0.4, 0.5) is 20.2 Å². The van der Waals surface area contributed by atoms with Crippen LogP contribution in [0, 0.1) is 10.1 Å². The lowest BCUT2D eigenvalue weighted by molar-refractivity contribution is -0.383. The van der Waals surface area contributed by atoms with Crippen molar-refractivity contribution in [2.75, 3.05) is 18.8 Å². The van der Waals surface area contributed by atoms with Gasteiger partial charge in [0.2, 0.25) is 0 Å². The van der Waals surface area contributed by atoms with Crippen molar-refractivity contribution in [2.24, 2.45) is 5.73 Å². The largest absolute Gasteiger partial charge is 0.393 e. The zero-order valence-electron chi connectivity index (χ0n) is 9.73. The van der Waals surface area contributed by atoms with Crippen molar-refractivity contribution in [3.8, 4) is 0 Å². The molecule has 1 rings (SSSR count). The van der Waals surface area contributed by atoms with Gasteiger partial charge in [-0.25, -0.2) is 8.78 Å². The molecule has 0 aromatic heterocycles. The molecule has 0 unspecified atom stereocenters. The monoisotopic (exact) mass is 274 g/mol. The molecule has 0 aliphatic heterocycles. The maximum Gasteiger partial charge on any atom is 0.292 e. The van der Waals surface area contributed by atoms with E-state index in [1.165, 1.54) is 6.07 Å². The highest BCUT2D eigenvalue weighted by Gasteiger charge is 2.27. The van der Waals surface area contributed by atoms with Crippen LogP contribution in [-0.4, -0.2) is 29.8 Å². The van der Waals surface area contributed by atoms with Gasteiger partial charge in [0.1, 0.15) is 5.69 Å². The van der Waals surface area contributed by atoms with Gasteiger partial charge in [-0.15, -0.1) is 0 Å². The first-order chi connectivity index (χ1) is 8.76. The van der Waals surface area contributed by atoms with Gasteiger partial charge >= 0.3 is 0 Å². The number of anilines is 1. The highest BCUT2D eigenvalue weighted by molar-refractivity contribution is 5.95. The average molecular weight is 274 g/mol. The Hall–Kier alpha value is -2.29. The van der Waals surface area contributed by atoms with Crippen molar-refractivity contribution < 1.29 is 18.5 Å². The van der Waals surface area contributed by atoms with Gasteiger partial charge in [-0.05, 0) is 12.1 Å². The number of nitrogens with zero attached hydrogens (tertiary/aromatic N) is 1. The molecule has 0 heterocycles. The number of halogens is 2. The third kappa shape index (κ3) is 3.85. The lowest BCUT2D eigenvalue weighted by Gasteiger charge is -2.14. The number of hydrogen-bond donors (Lipinski definition) is 3. The third-order valence-electron chi connectivity index (χ3n) is 2.30. The van der Waals surface area contributed by atoms with Crippen molar-refractivity contribution in [1.29, 1.82) is 0 Å². The molecule has 1 aromatic carbocycles.